The molecule has 1 fully saturated rings. The van der Waals surface area contributed by atoms with E-state index in [9.17, 15) is 18.0 Å². The van der Waals surface area contributed by atoms with Crippen molar-refractivity contribution in [3.8, 4) is 11.5 Å². The molecule has 4 aromatic rings. The molecule has 3 heterocycles. The highest BCUT2D eigenvalue weighted by Crippen LogP contribution is 2.30. The summed E-state index contributed by atoms with van der Waals surface area (Å²) in [5.41, 5.74) is 0.778. The standard InChI is InChI=1S/C25H23F3N6O2/c1-32(18-7-9-20(10-8-18)36-19-5-3-2-4-6-19)23(35)17-13-15-33(16-14-17)22-12-11-21-29-30-24(25(26,27)28)34(21)31-22/h2-12,17H,13-16H2,1H3. The summed E-state index contributed by atoms with van der Waals surface area (Å²) in [6, 6.07) is 19.8. The molecule has 36 heavy (non-hydrogen) atoms. The van der Waals surface area contributed by atoms with Gasteiger partial charge in [0.25, 0.3) is 5.82 Å². The molecule has 1 aliphatic heterocycles. The maximum atomic E-state index is 13.2. The first kappa shape index (κ1) is 23.6. The molecular formula is C25H23F3N6O2. The second-order valence-electron chi connectivity index (χ2n) is 8.55. The SMILES string of the molecule is CN(C(=O)C1CCN(c2ccc3nnc(C(F)(F)F)n3n2)CC1)c1ccc(Oc2ccccc2)cc1. The molecule has 0 aliphatic carbocycles. The molecule has 0 unspecified atom stereocenters. The van der Waals surface area contributed by atoms with Crippen LogP contribution in [0.5, 0.6) is 11.5 Å². The molecule has 0 spiro atoms. The Morgan fingerprint density at radius 1 is 0.944 bits per heavy atom. The Bertz CT molecular complexity index is 1350. The summed E-state index contributed by atoms with van der Waals surface area (Å²) >= 11 is 0. The van der Waals surface area contributed by atoms with E-state index in [2.05, 4.69) is 15.3 Å². The molecular weight excluding hydrogens is 473 g/mol. The number of ether oxygens (including phenoxy) is 1. The van der Waals surface area contributed by atoms with Crippen LogP contribution in [0.3, 0.4) is 0 Å². The van der Waals surface area contributed by atoms with Gasteiger partial charge in [-0.15, -0.1) is 15.3 Å². The normalized spacial score (nSPS) is 14.7. The number of carbonyl (C=O) groups excluding carboxylic acids is 1. The van der Waals surface area contributed by atoms with Crippen LogP contribution in [-0.4, -0.2) is 45.9 Å². The predicted octanol–water partition coefficient (Wildman–Crippen LogP) is 4.81. The number of rotatable bonds is 5. The van der Waals surface area contributed by atoms with Gasteiger partial charge in [-0.05, 0) is 61.4 Å². The summed E-state index contributed by atoms with van der Waals surface area (Å²) in [4.78, 5) is 16.6. The Morgan fingerprint density at radius 3 is 2.28 bits per heavy atom. The Balaban J connectivity index is 1.21. The molecule has 1 aliphatic rings. The van der Waals surface area contributed by atoms with Crippen LogP contribution >= 0.6 is 0 Å². The molecule has 8 nitrogen and oxygen atoms in total. The third kappa shape index (κ3) is 4.81. The molecule has 1 amide bonds. The molecule has 0 saturated carbocycles. The van der Waals surface area contributed by atoms with E-state index in [1.807, 2.05) is 59.5 Å². The first-order valence-corrected chi connectivity index (χ1v) is 11.4. The van der Waals surface area contributed by atoms with Gasteiger partial charge in [0, 0.05) is 31.7 Å². The van der Waals surface area contributed by atoms with Gasteiger partial charge in [-0.3, -0.25) is 4.79 Å². The van der Waals surface area contributed by atoms with Gasteiger partial charge in [0.15, 0.2) is 5.65 Å². The number of halogens is 3. The summed E-state index contributed by atoms with van der Waals surface area (Å²) in [5.74, 6) is 0.426. The van der Waals surface area contributed by atoms with Crippen LogP contribution in [0, 0.1) is 5.92 Å². The molecule has 0 N–H and O–H groups in total. The Hall–Kier alpha value is -4.15. The smallest absolute Gasteiger partial charge is 0.453 e. The highest BCUT2D eigenvalue weighted by molar-refractivity contribution is 5.94. The van der Waals surface area contributed by atoms with E-state index in [1.54, 1.807) is 18.0 Å². The Labute approximate surface area is 204 Å². The van der Waals surface area contributed by atoms with Crippen LogP contribution in [0.4, 0.5) is 24.7 Å². The van der Waals surface area contributed by atoms with E-state index in [-0.39, 0.29) is 17.5 Å². The van der Waals surface area contributed by atoms with E-state index < -0.39 is 12.0 Å². The molecule has 1 saturated heterocycles. The maximum Gasteiger partial charge on any atom is 0.453 e. The third-order valence-electron chi connectivity index (χ3n) is 6.20. The maximum absolute atomic E-state index is 13.2. The Morgan fingerprint density at radius 2 is 1.61 bits per heavy atom. The molecule has 2 aromatic carbocycles. The number of hydrogen-bond acceptors (Lipinski definition) is 6. The lowest BCUT2D eigenvalue weighted by molar-refractivity contribution is -0.146. The zero-order valence-corrected chi connectivity index (χ0v) is 19.4. The zero-order chi connectivity index (χ0) is 25.3. The highest BCUT2D eigenvalue weighted by Gasteiger charge is 2.38. The second-order valence-corrected chi connectivity index (χ2v) is 8.55. The van der Waals surface area contributed by atoms with Gasteiger partial charge in [-0.2, -0.15) is 17.7 Å². The molecule has 2 aromatic heterocycles. The van der Waals surface area contributed by atoms with E-state index in [0.717, 1.165) is 11.4 Å². The fraction of sp³-hybridized carbons (Fsp3) is 0.280. The molecule has 0 bridgehead atoms. The van der Waals surface area contributed by atoms with Crippen molar-refractivity contribution in [2.45, 2.75) is 19.0 Å². The summed E-state index contributed by atoms with van der Waals surface area (Å²) in [5, 5.41) is 10.9. The van der Waals surface area contributed by atoms with E-state index in [1.165, 1.54) is 6.07 Å². The molecule has 0 radical (unpaired) electrons. The number of carbonyl (C=O) groups is 1. The van der Waals surface area contributed by atoms with Crippen LogP contribution in [-0.2, 0) is 11.0 Å². The number of amides is 1. The lowest BCUT2D eigenvalue weighted by atomic mass is 9.95. The number of piperidine rings is 1. The fourth-order valence-corrected chi connectivity index (χ4v) is 4.24. The van der Waals surface area contributed by atoms with Gasteiger partial charge in [0.05, 0.1) is 0 Å². The van der Waals surface area contributed by atoms with Crippen LogP contribution in [0.1, 0.15) is 18.7 Å². The van der Waals surface area contributed by atoms with Gasteiger partial charge in [0.2, 0.25) is 5.91 Å². The first-order valence-electron chi connectivity index (χ1n) is 11.4. The van der Waals surface area contributed by atoms with Crippen molar-refractivity contribution < 1.29 is 22.7 Å². The summed E-state index contributed by atoms with van der Waals surface area (Å²) in [6.07, 6.45) is -3.53. The first-order chi connectivity index (χ1) is 17.3. The number of para-hydroxylation sites is 1. The van der Waals surface area contributed by atoms with Crippen LogP contribution in [0.25, 0.3) is 5.65 Å². The summed E-state index contributed by atoms with van der Waals surface area (Å²) in [7, 11) is 1.74. The summed E-state index contributed by atoms with van der Waals surface area (Å²) < 4.78 is 46.0. The van der Waals surface area contributed by atoms with Crippen LogP contribution in [0.15, 0.2) is 66.7 Å². The van der Waals surface area contributed by atoms with Crippen molar-refractivity contribution in [3.63, 3.8) is 0 Å². The monoisotopic (exact) mass is 496 g/mol. The largest absolute Gasteiger partial charge is 0.457 e. The quantitative estimate of drug-likeness (QED) is 0.395. The van der Waals surface area contributed by atoms with Gasteiger partial charge in [-0.1, -0.05) is 18.2 Å². The number of nitrogens with zero attached hydrogens (tertiary/aromatic N) is 6. The molecule has 11 heteroatoms. The van der Waals surface area contributed by atoms with Crippen molar-refractivity contribution >= 4 is 23.1 Å². The topological polar surface area (TPSA) is 75.9 Å². The minimum Gasteiger partial charge on any atom is -0.457 e. The lowest BCUT2D eigenvalue weighted by Crippen LogP contribution is -2.41. The number of anilines is 2. The Kier molecular flexibility index (Phi) is 6.21. The summed E-state index contributed by atoms with van der Waals surface area (Å²) in [6.45, 7) is 0.992. The number of aromatic nitrogens is 4. The van der Waals surface area contributed by atoms with Crippen molar-refractivity contribution in [2.75, 3.05) is 29.9 Å². The molecule has 0 atom stereocenters. The second kappa shape index (κ2) is 9.48. The van der Waals surface area contributed by atoms with E-state index >= 15 is 0 Å². The predicted molar refractivity (Wildman–Crippen MR) is 127 cm³/mol. The molecule has 5 rings (SSSR count). The van der Waals surface area contributed by atoms with E-state index in [0.29, 0.717) is 42.0 Å². The average Bonchev–Trinajstić information content (AvgIpc) is 3.33. The van der Waals surface area contributed by atoms with Gasteiger partial charge in [-0.25, -0.2) is 0 Å². The van der Waals surface area contributed by atoms with Crippen molar-refractivity contribution in [2.24, 2.45) is 5.92 Å². The minimum absolute atomic E-state index is 0.00652. The van der Waals surface area contributed by atoms with Gasteiger partial charge in [0.1, 0.15) is 17.3 Å². The number of hydrogen-bond donors (Lipinski definition) is 0. The van der Waals surface area contributed by atoms with Crippen LogP contribution in [0.2, 0.25) is 0 Å². The van der Waals surface area contributed by atoms with Crippen molar-refractivity contribution in [3.05, 3.63) is 72.6 Å². The molecule has 186 valence electrons. The van der Waals surface area contributed by atoms with Crippen molar-refractivity contribution in [1.82, 2.24) is 19.8 Å². The van der Waals surface area contributed by atoms with Gasteiger partial charge < -0.3 is 14.5 Å². The lowest BCUT2D eigenvalue weighted by Gasteiger charge is -2.33. The highest BCUT2D eigenvalue weighted by atomic mass is 19.4. The number of alkyl halides is 3. The fourth-order valence-electron chi connectivity index (χ4n) is 4.24. The number of benzene rings is 2. The number of fused-ring (bicyclic) bond motifs is 1. The zero-order valence-electron chi connectivity index (χ0n) is 19.4. The third-order valence-corrected chi connectivity index (χ3v) is 6.20. The van der Waals surface area contributed by atoms with Crippen LogP contribution < -0.4 is 14.5 Å². The van der Waals surface area contributed by atoms with Gasteiger partial charge >= 0.3 is 6.18 Å². The van der Waals surface area contributed by atoms with Crippen molar-refractivity contribution in [1.29, 1.82) is 0 Å². The van der Waals surface area contributed by atoms with E-state index in [4.69, 9.17) is 4.74 Å². The minimum atomic E-state index is -4.65. The average molecular weight is 496 g/mol.